The second kappa shape index (κ2) is 9.93. The minimum Gasteiger partial charge on any atom is -0.455 e. The Morgan fingerprint density at radius 2 is 1.77 bits per heavy atom. The summed E-state index contributed by atoms with van der Waals surface area (Å²) in [6.07, 6.45) is 1.68. The van der Waals surface area contributed by atoms with Crippen LogP contribution >= 0.6 is 11.3 Å². The first-order valence-corrected chi connectivity index (χ1v) is 14.5. The van der Waals surface area contributed by atoms with Crippen LogP contribution in [-0.2, 0) is 10.0 Å². The number of nitrogens with zero attached hydrogens (tertiary/aromatic N) is 3. The van der Waals surface area contributed by atoms with Gasteiger partial charge in [-0.15, -0.1) is 21.5 Å². The average Bonchev–Trinajstić information content (AvgIpc) is 3.51. The van der Waals surface area contributed by atoms with Gasteiger partial charge in [-0.2, -0.15) is 0 Å². The molecule has 5 aromatic rings. The van der Waals surface area contributed by atoms with Crippen molar-refractivity contribution in [1.82, 2.24) is 14.8 Å². The van der Waals surface area contributed by atoms with Crippen molar-refractivity contribution in [2.24, 2.45) is 0 Å². The molecule has 0 radical (unpaired) electrons. The van der Waals surface area contributed by atoms with Crippen molar-refractivity contribution >= 4 is 37.3 Å². The molecule has 0 aliphatic carbocycles. The van der Waals surface area contributed by atoms with Gasteiger partial charge in [0, 0.05) is 18.7 Å². The zero-order chi connectivity index (χ0) is 28.1. The van der Waals surface area contributed by atoms with Crippen LogP contribution in [0.3, 0.4) is 0 Å². The van der Waals surface area contributed by atoms with Gasteiger partial charge in [-0.3, -0.25) is 9.52 Å². The molecule has 0 saturated carbocycles. The summed E-state index contributed by atoms with van der Waals surface area (Å²) in [6, 6.07) is 9.33. The molecule has 0 unspecified atom stereocenters. The van der Waals surface area contributed by atoms with Crippen molar-refractivity contribution in [3.05, 3.63) is 81.2 Å². The predicted octanol–water partition coefficient (Wildman–Crippen LogP) is 6.03. The van der Waals surface area contributed by atoms with Crippen LogP contribution in [0.2, 0.25) is 0 Å². The molecule has 1 N–H and O–H groups in total. The van der Waals surface area contributed by atoms with Crippen LogP contribution in [0.4, 0.5) is 10.1 Å². The SMILES string of the molecule is CCS(=O)(=O)Nc1ccc(Oc2c(C)cc(F)cc2C)c(-n2cc(C)c(=O)c3cc(-c4nnc(C)o4)sc32)c1. The number of pyridine rings is 1. The highest BCUT2D eigenvalue weighted by Crippen LogP contribution is 2.39. The molecule has 202 valence electrons. The van der Waals surface area contributed by atoms with Crippen molar-refractivity contribution in [3.63, 3.8) is 0 Å². The van der Waals surface area contributed by atoms with Crippen LogP contribution in [0.5, 0.6) is 11.5 Å². The third kappa shape index (κ3) is 5.17. The average molecular weight is 569 g/mol. The number of aryl methyl sites for hydroxylation is 4. The van der Waals surface area contributed by atoms with E-state index >= 15 is 0 Å². The van der Waals surface area contributed by atoms with Crippen molar-refractivity contribution < 1.29 is 22.0 Å². The van der Waals surface area contributed by atoms with Crippen LogP contribution in [0.1, 0.15) is 29.5 Å². The summed E-state index contributed by atoms with van der Waals surface area (Å²) in [5.41, 5.74) is 2.29. The fraction of sp³-hybridized carbons (Fsp3) is 0.222. The zero-order valence-corrected chi connectivity index (χ0v) is 23.5. The van der Waals surface area contributed by atoms with Gasteiger partial charge in [-0.05, 0) is 75.2 Å². The largest absolute Gasteiger partial charge is 0.455 e. The van der Waals surface area contributed by atoms with Crippen LogP contribution in [0.25, 0.3) is 26.7 Å². The van der Waals surface area contributed by atoms with Crippen LogP contribution in [-0.4, -0.2) is 28.9 Å². The minimum absolute atomic E-state index is 0.103. The standard InChI is InChI=1S/C27H25FN4O5S2/c1-6-39(34,35)31-19-7-8-22(37-25-14(2)9-18(28)10-15(25)3)21(11-19)32-13-16(4)24(33)20-12-23(38-27(20)32)26-30-29-17(5)36-26/h7-13,31H,6H2,1-5H3. The summed E-state index contributed by atoms with van der Waals surface area (Å²) in [4.78, 5) is 14.3. The number of ether oxygens (including phenoxy) is 1. The molecule has 0 aliphatic rings. The number of hydrogen-bond donors (Lipinski definition) is 1. The molecule has 39 heavy (non-hydrogen) atoms. The molecule has 0 atom stereocenters. The van der Waals surface area contributed by atoms with Crippen molar-refractivity contribution in [2.45, 2.75) is 34.6 Å². The maximum Gasteiger partial charge on any atom is 0.257 e. The van der Waals surface area contributed by atoms with Gasteiger partial charge in [0.15, 0.2) is 11.2 Å². The number of aromatic nitrogens is 3. The highest BCUT2D eigenvalue weighted by molar-refractivity contribution is 7.92. The molecule has 0 saturated heterocycles. The van der Waals surface area contributed by atoms with Gasteiger partial charge in [0.25, 0.3) is 5.89 Å². The van der Waals surface area contributed by atoms with E-state index in [-0.39, 0.29) is 22.9 Å². The van der Waals surface area contributed by atoms with Gasteiger partial charge in [-0.25, -0.2) is 12.8 Å². The van der Waals surface area contributed by atoms with Crippen LogP contribution < -0.4 is 14.9 Å². The Bertz CT molecular complexity index is 1880. The third-order valence-corrected chi connectivity index (χ3v) is 8.53. The second-order valence-corrected chi connectivity index (χ2v) is 12.2. The van der Waals surface area contributed by atoms with Gasteiger partial charge in [-0.1, -0.05) is 0 Å². The normalized spacial score (nSPS) is 11.7. The first kappa shape index (κ1) is 26.6. The molecule has 0 bridgehead atoms. The number of sulfonamides is 1. The van der Waals surface area contributed by atoms with E-state index < -0.39 is 10.0 Å². The van der Waals surface area contributed by atoms with Gasteiger partial charge in [0.1, 0.15) is 16.4 Å². The van der Waals surface area contributed by atoms with Gasteiger partial charge >= 0.3 is 0 Å². The summed E-state index contributed by atoms with van der Waals surface area (Å²) in [6.45, 7) is 8.41. The number of nitrogens with one attached hydrogen (secondary N) is 1. The Morgan fingerprint density at radius 1 is 1.05 bits per heavy atom. The number of thiophene rings is 1. The van der Waals surface area contributed by atoms with Crippen molar-refractivity contribution in [1.29, 1.82) is 0 Å². The number of fused-ring (bicyclic) bond motifs is 1. The monoisotopic (exact) mass is 568 g/mol. The van der Waals surface area contributed by atoms with E-state index in [1.54, 1.807) is 69.6 Å². The molecule has 0 aliphatic heterocycles. The first-order valence-electron chi connectivity index (χ1n) is 12.0. The summed E-state index contributed by atoms with van der Waals surface area (Å²) in [5.74, 6) is 1.05. The Hall–Kier alpha value is -4.03. The topological polar surface area (TPSA) is 116 Å². The smallest absolute Gasteiger partial charge is 0.257 e. The van der Waals surface area contributed by atoms with E-state index in [1.165, 1.54) is 23.5 Å². The molecular formula is C27H25FN4O5S2. The fourth-order valence-corrected chi connectivity index (χ4v) is 5.90. The van der Waals surface area contributed by atoms with E-state index in [4.69, 9.17) is 9.15 Å². The quantitative estimate of drug-likeness (QED) is 0.255. The molecule has 0 spiro atoms. The number of rotatable bonds is 7. The van der Waals surface area contributed by atoms with Gasteiger partial charge in [0.05, 0.1) is 27.4 Å². The summed E-state index contributed by atoms with van der Waals surface area (Å²) in [7, 11) is -3.57. The summed E-state index contributed by atoms with van der Waals surface area (Å²) >= 11 is 1.28. The van der Waals surface area contributed by atoms with Crippen LogP contribution in [0, 0.1) is 33.5 Å². The molecule has 9 nitrogen and oxygen atoms in total. The van der Waals surface area contributed by atoms with Gasteiger partial charge < -0.3 is 13.7 Å². The van der Waals surface area contributed by atoms with Gasteiger partial charge in [0.2, 0.25) is 15.9 Å². The molecule has 2 aromatic carbocycles. The van der Waals surface area contributed by atoms with E-state index in [9.17, 15) is 17.6 Å². The number of hydrogen-bond acceptors (Lipinski definition) is 8. The fourth-order valence-electron chi connectivity index (χ4n) is 4.20. The maximum atomic E-state index is 14.0. The lowest BCUT2D eigenvalue weighted by molar-refractivity contribution is 0.470. The van der Waals surface area contributed by atoms with Crippen LogP contribution in [0.15, 0.2) is 51.8 Å². The van der Waals surface area contributed by atoms with E-state index in [2.05, 4.69) is 14.9 Å². The third-order valence-electron chi connectivity index (χ3n) is 6.10. The van der Waals surface area contributed by atoms with Crippen molar-refractivity contribution in [2.75, 3.05) is 10.5 Å². The summed E-state index contributed by atoms with van der Waals surface area (Å²) < 4.78 is 54.9. The number of anilines is 1. The molecule has 3 heterocycles. The highest BCUT2D eigenvalue weighted by atomic mass is 32.2. The minimum atomic E-state index is -3.57. The predicted molar refractivity (Wildman–Crippen MR) is 149 cm³/mol. The van der Waals surface area contributed by atoms with Crippen molar-refractivity contribution in [3.8, 4) is 28.0 Å². The van der Waals surface area contributed by atoms with E-state index in [0.29, 0.717) is 60.5 Å². The Morgan fingerprint density at radius 3 is 2.41 bits per heavy atom. The molecule has 0 fully saturated rings. The molecule has 0 amide bonds. The first-order chi connectivity index (χ1) is 18.5. The lowest BCUT2D eigenvalue weighted by Crippen LogP contribution is -2.15. The lowest BCUT2D eigenvalue weighted by Gasteiger charge is -2.19. The Balaban J connectivity index is 1.76. The number of halogens is 1. The zero-order valence-electron chi connectivity index (χ0n) is 21.8. The van der Waals surface area contributed by atoms with E-state index in [1.807, 2.05) is 0 Å². The molecular weight excluding hydrogens is 543 g/mol. The number of benzene rings is 2. The Labute approximate surface area is 227 Å². The molecule has 5 rings (SSSR count). The van der Waals surface area contributed by atoms with E-state index in [0.717, 1.165) is 0 Å². The maximum absolute atomic E-state index is 14.0. The summed E-state index contributed by atoms with van der Waals surface area (Å²) in [5, 5.41) is 8.40. The highest BCUT2D eigenvalue weighted by Gasteiger charge is 2.20. The Kier molecular flexibility index (Phi) is 6.77. The molecule has 3 aromatic heterocycles. The molecule has 12 heteroatoms. The lowest BCUT2D eigenvalue weighted by atomic mass is 10.1. The second-order valence-electron chi connectivity index (χ2n) is 9.13.